The number of benzene rings is 1. The lowest BCUT2D eigenvalue weighted by Gasteiger charge is -2.47. The topological polar surface area (TPSA) is 58.6 Å². The van der Waals surface area contributed by atoms with Crippen molar-refractivity contribution in [1.82, 2.24) is 10.2 Å². The first-order valence-electron chi connectivity index (χ1n) is 11.5. The molecule has 2 saturated carbocycles. The quantitative estimate of drug-likeness (QED) is 0.843. The van der Waals surface area contributed by atoms with Crippen LogP contribution in [0.4, 0.5) is 0 Å². The van der Waals surface area contributed by atoms with E-state index in [-0.39, 0.29) is 23.3 Å². The number of likely N-dealkylation sites (tertiary alicyclic amines) is 1. The molecule has 1 spiro atoms. The molecule has 2 amide bonds. The smallest absolute Gasteiger partial charge is 0.225 e. The van der Waals surface area contributed by atoms with Gasteiger partial charge in [-0.25, -0.2) is 0 Å². The summed E-state index contributed by atoms with van der Waals surface area (Å²) in [6.45, 7) is 1.55. The molecule has 1 N–H and O–H groups in total. The van der Waals surface area contributed by atoms with Gasteiger partial charge in [-0.2, -0.15) is 0 Å². The predicted octanol–water partition coefficient (Wildman–Crippen LogP) is 3.77. The maximum absolute atomic E-state index is 12.8. The molecular weight excluding hydrogens is 364 g/mol. The molecule has 0 radical (unpaired) electrons. The summed E-state index contributed by atoms with van der Waals surface area (Å²) in [5.41, 5.74) is 0.916. The highest BCUT2D eigenvalue weighted by Crippen LogP contribution is 2.46. The van der Waals surface area contributed by atoms with Crippen LogP contribution in [0.2, 0.25) is 0 Å². The molecule has 5 nitrogen and oxygen atoms in total. The Hall–Kier alpha value is -2.04. The van der Waals surface area contributed by atoms with Crippen molar-refractivity contribution in [3.05, 3.63) is 29.8 Å². The molecule has 2 heterocycles. The molecular formula is C24H32N2O3. The number of nitrogens with zero attached hydrogens (tertiary/aromatic N) is 1. The zero-order chi connectivity index (χ0) is 19.8. The molecule has 0 unspecified atom stereocenters. The van der Waals surface area contributed by atoms with Crippen molar-refractivity contribution in [1.29, 1.82) is 0 Å². The maximum Gasteiger partial charge on any atom is 0.225 e. The van der Waals surface area contributed by atoms with Gasteiger partial charge in [0.1, 0.15) is 11.4 Å². The van der Waals surface area contributed by atoms with Gasteiger partial charge in [-0.1, -0.05) is 31.0 Å². The summed E-state index contributed by atoms with van der Waals surface area (Å²) in [4.78, 5) is 27.4. The largest absolute Gasteiger partial charge is 0.487 e. The van der Waals surface area contributed by atoms with E-state index in [4.69, 9.17) is 4.74 Å². The van der Waals surface area contributed by atoms with Crippen LogP contribution in [-0.4, -0.2) is 41.4 Å². The Morgan fingerprint density at radius 2 is 1.79 bits per heavy atom. The van der Waals surface area contributed by atoms with Crippen molar-refractivity contribution in [3.63, 3.8) is 0 Å². The van der Waals surface area contributed by atoms with Crippen LogP contribution < -0.4 is 10.1 Å². The molecule has 0 bridgehead atoms. The number of hydrogen-bond donors (Lipinski definition) is 1. The summed E-state index contributed by atoms with van der Waals surface area (Å²) in [7, 11) is 0. The van der Waals surface area contributed by atoms with Crippen LogP contribution in [-0.2, 0) is 9.59 Å². The number of para-hydroxylation sites is 1. The number of carbonyl (C=O) groups is 2. The van der Waals surface area contributed by atoms with Gasteiger partial charge in [0.05, 0.1) is 0 Å². The van der Waals surface area contributed by atoms with Gasteiger partial charge in [-0.15, -0.1) is 0 Å². The Morgan fingerprint density at radius 1 is 1.07 bits per heavy atom. The van der Waals surface area contributed by atoms with E-state index in [0.29, 0.717) is 18.4 Å². The molecule has 0 aromatic heterocycles. The van der Waals surface area contributed by atoms with E-state index >= 15 is 0 Å². The van der Waals surface area contributed by atoms with Gasteiger partial charge in [-0.05, 0) is 43.7 Å². The minimum Gasteiger partial charge on any atom is -0.487 e. The normalized spacial score (nSPS) is 26.1. The van der Waals surface area contributed by atoms with Crippen molar-refractivity contribution in [3.8, 4) is 5.75 Å². The van der Waals surface area contributed by atoms with Crippen LogP contribution in [0, 0.1) is 5.92 Å². The molecule has 3 fully saturated rings. The number of nitrogens with one attached hydrogen (secondary N) is 1. The molecule has 29 heavy (non-hydrogen) atoms. The van der Waals surface area contributed by atoms with Gasteiger partial charge in [0.15, 0.2) is 0 Å². The molecule has 1 aromatic carbocycles. The first kappa shape index (κ1) is 19.0. The number of piperidine rings is 1. The highest BCUT2D eigenvalue weighted by atomic mass is 16.5. The van der Waals surface area contributed by atoms with E-state index in [0.717, 1.165) is 69.3 Å². The predicted molar refractivity (Wildman–Crippen MR) is 111 cm³/mol. The number of amides is 2. The van der Waals surface area contributed by atoms with Gasteiger partial charge in [0.25, 0.3) is 0 Å². The van der Waals surface area contributed by atoms with Crippen LogP contribution in [0.5, 0.6) is 5.75 Å². The fourth-order valence-electron chi connectivity index (χ4n) is 5.54. The number of ether oxygens (including phenoxy) is 1. The van der Waals surface area contributed by atoms with E-state index in [1.54, 1.807) is 0 Å². The number of carbonyl (C=O) groups excluding carboxylic acids is 2. The van der Waals surface area contributed by atoms with Crippen molar-refractivity contribution in [2.24, 2.45) is 5.92 Å². The second kappa shape index (κ2) is 7.66. The van der Waals surface area contributed by atoms with E-state index in [1.165, 1.54) is 12.8 Å². The SMILES string of the molecule is O=C(C[C@@H]1CC2(CCN(C(=O)C3CCCC3)CC2)Oc2ccccc21)NC1CC1. The van der Waals surface area contributed by atoms with Crippen LogP contribution >= 0.6 is 0 Å². The fraction of sp³-hybridized carbons (Fsp3) is 0.667. The Morgan fingerprint density at radius 3 is 2.52 bits per heavy atom. The van der Waals surface area contributed by atoms with Gasteiger partial charge in [-0.3, -0.25) is 9.59 Å². The number of rotatable bonds is 4. The highest BCUT2D eigenvalue weighted by molar-refractivity contribution is 5.79. The van der Waals surface area contributed by atoms with E-state index in [1.807, 2.05) is 18.2 Å². The van der Waals surface area contributed by atoms with Crippen molar-refractivity contribution < 1.29 is 14.3 Å². The van der Waals surface area contributed by atoms with Crippen LogP contribution in [0.3, 0.4) is 0 Å². The fourth-order valence-corrected chi connectivity index (χ4v) is 5.54. The first-order chi connectivity index (χ1) is 14.1. The standard InChI is InChI=1S/C24H32N2O3/c27-22(25-19-9-10-19)15-18-16-24(29-21-8-4-3-7-20(18)21)11-13-26(14-12-24)23(28)17-5-1-2-6-17/h3-4,7-8,17-19H,1-2,5-6,9-16H2,(H,25,27)/t18-/m1/s1. The zero-order valence-corrected chi connectivity index (χ0v) is 17.2. The minimum absolute atomic E-state index is 0.165. The molecule has 1 atom stereocenters. The zero-order valence-electron chi connectivity index (χ0n) is 17.2. The summed E-state index contributed by atoms with van der Waals surface area (Å²) >= 11 is 0. The van der Waals surface area contributed by atoms with Gasteiger partial charge in [0.2, 0.25) is 11.8 Å². The third kappa shape index (κ3) is 4.01. The average Bonchev–Trinajstić information content (AvgIpc) is 3.36. The van der Waals surface area contributed by atoms with Crippen molar-refractivity contribution >= 4 is 11.8 Å². The van der Waals surface area contributed by atoms with Crippen LogP contribution in [0.1, 0.15) is 75.7 Å². The molecule has 4 aliphatic rings. The highest BCUT2D eigenvalue weighted by Gasteiger charge is 2.45. The van der Waals surface area contributed by atoms with E-state index in [9.17, 15) is 9.59 Å². The van der Waals surface area contributed by atoms with E-state index in [2.05, 4.69) is 16.3 Å². The van der Waals surface area contributed by atoms with Gasteiger partial charge < -0.3 is 15.0 Å². The monoisotopic (exact) mass is 396 g/mol. The van der Waals surface area contributed by atoms with Crippen molar-refractivity contribution in [2.45, 2.75) is 81.8 Å². The molecule has 5 rings (SSSR count). The lowest BCUT2D eigenvalue weighted by Crippen LogP contribution is -2.52. The summed E-state index contributed by atoms with van der Waals surface area (Å²) in [5.74, 6) is 1.89. The lowest BCUT2D eigenvalue weighted by atomic mass is 9.76. The molecule has 2 aliphatic carbocycles. The van der Waals surface area contributed by atoms with E-state index < -0.39 is 0 Å². The minimum atomic E-state index is -0.245. The summed E-state index contributed by atoms with van der Waals surface area (Å²) in [5, 5.41) is 3.14. The Labute approximate surface area is 173 Å². The summed E-state index contributed by atoms with van der Waals surface area (Å²) in [6, 6.07) is 8.59. The Bertz CT molecular complexity index is 774. The lowest BCUT2D eigenvalue weighted by molar-refractivity contribution is -0.139. The van der Waals surface area contributed by atoms with Crippen molar-refractivity contribution in [2.75, 3.05) is 13.1 Å². The average molecular weight is 397 g/mol. The Kier molecular flexibility index (Phi) is 5.00. The van der Waals surface area contributed by atoms with Gasteiger partial charge in [0, 0.05) is 50.2 Å². The first-order valence-corrected chi connectivity index (χ1v) is 11.5. The van der Waals surface area contributed by atoms with Crippen LogP contribution in [0.15, 0.2) is 24.3 Å². The Balaban J connectivity index is 1.28. The third-order valence-electron chi connectivity index (χ3n) is 7.37. The molecule has 156 valence electrons. The number of hydrogen-bond acceptors (Lipinski definition) is 3. The molecule has 5 heteroatoms. The molecule has 1 aromatic rings. The van der Waals surface area contributed by atoms with Gasteiger partial charge >= 0.3 is 0 Å². The van der Waals surface area contributed by atoms with Crippen LogP contribution in [0.25, 0.3) is 0 Å². The second-order valence-electron chi connectivity index (χ2n) is 9.58. The third-order valence-corrected chi connectivity index (χ3v) is 7.37. The maximum atomic E-state index is 12.8. The summed E-state index contributed by atoms with van der Waals surface area (Å²) in [6.07, 6.45) is 9.86. The molecule has 1 saturated heterocycles. The molecule has 2 aliphatic heterocycles. The second-order valence-corrected chi connectivity index (χ2v) is 9.58. The number of fused-ring (bicyclic) bond motifs is 1. The summed E-state index contributed by atoms with van der Waals surface area (Å²) < 4.78 is 6.55.